The van der Waals surface area contributed by atoms with E-state index in [1.165, 1.54) is 24.0 Å². The fourth-order valence-electron chi connectivity index (χ4n) is 2.63. The van der Waals surface area contributed by atoms with Crippen LogP contribution in [0.15, 0.2) is 18.2 Å². The van der Waals surface area contributed by atoms with Gasteiger partial charge in [-0.1, -0.05) is 18.5 Å². The van der Waals surface area contributed by atoms with Crippen LogP contribution in [0.3, 0.4) is 0 Å². The Kier molecular flexibility index (Phi) is 6.53. The Bertz CT molecular complexity index is 444. The number of thioether (sulfide) groups is 2. The van der Waals surface area contributed by atoms with Crippen molar-refractivity contribution >= 4 is 35.1 Å². The Hall–Kier alpha value is 0.1000. The summed E-state index contributed by atoms with van der Waals surface area (Å²) in [7, 11) is 1.99. The molecule has 112 valence electrons. The molecule has 1 nitrogen and oxygen atoms in total. The molecule has 3 unspecified atom stereocenters. The highest BCUT2D eigenvalue weighted by atomic mass is 35.5. The topological polar surface area (TPSA) is 12.0 Å². The molecule has 0 aromatic heterocycles. The van der Waals surface area contributed by atoms with Gasteiger partial charge in [-0.25, -0.2) is 4.39 Å². The summed E-state index contributed by atoms with van der Waals surface area (Å²) in [6, 6.07) is 4.96. The lowest BCUT2D eigenvalue weighted by Crippen LogP contribution is -2.45. The van der Waals surface area contributed by atoms with Gasteiger partial charge in [-0.15, -0.1) is 0 Å². The van der Waals surface area contributed by atoms with Gasteiger partial charge in [0.15, 0.2) is 0 Å². The summed E-state index contributed by atoms with van der Waals surface area (Å²) in [5.41, 5.74) is 0.900. The average Bonchev–Trinajstić information content (AvgIpc) is 2.48. The van der Waals surface area contributed by atoms with Crippen molar-refractivity contribution in [3.63, 3.8) is 0 Å². The SMILES string of the molecule is CCC1SCCSC1C(Cc1cc(F)ccc1Cl)NC. The van der Waals surface area contributed by atoms with E-state index in [1.807, 2.05) is 18.8 Å². The Labute approximate surface area is 134 Å². The summed E-state index contributed by atoms with van der Waals surface area (Å²) in [4.78, 5) is 0. The van der Waals surface area contributed by atoms with Crippen molar-refractivity contribution in [3.8, 4) is 0 Å². The van der Waals surface area contributed by atoms with Crippen molar-refractivity contribution in [2.24, 2.45) is 0 Å². The Morgan fingerprint density at radius 2 is 2.15 bits per heavy atom. The first-order valence-corrected chi connectivity index (χ1v) is 9.47. The van der Waals surface area contributed by atoms with E-state index in [0.717, 1.165) is 12.0 Å². The highest BCUT2D eigenvalue weighted by Crippen LogP contribution is 2.36. The van der Waals surface area contributed by atoms with Crippen LogP contribution in [0.25, 0.3) is 0 Å². The zero-order valence-electron chi connectivity index (χ0n) is 11.9. The molecule has 0 saturated carbocycles. The number of nitrogens with one attached hydrogen (secondary N) is 1. The van der Waals surface area contributed by atoms with Crippen LogP contribution in [-0.4, -0.2) is 35.1 Å². The Morgan fingerprint density at radius 3 is 2.85 bits per heavy atom. The molecule has 1 N–H and O–H groups in total. The highest BCUT2D eigenvalue weighted by Gasteiger charge is 2.31. The van der Waals surface area contributed by atoms with Crippen molar-refractivity contribution < 1.29 is 4.39 Å². The lowest BCUT2D eigenvalue weighted by atomic mass is 10.00. The fraction of sp³-hybridized carbons (Fsp3) is 0.600. The first-order valence-electron chi connectivity index (χ1n) is 7.00. The molecule has 1 saturated heterocycles. The predicted octanol–water partition coefficient (Wildman–Crippen LogP) is 4.24. The first-order chi connectivity index (χ1) is 9.65. The van der Waals surface area contributed by atoms with Gasteiger partial charge >= 0.3 is 0 Å². The third kappa shape index (κ3) is 4.06. The van der Waals surface area contributed by atoms with Gasteiger partial charge in [-0.2, -0.15) is 23.5 Å². The minimum Gasteiger partial charge on any atom is -0.316 e. The van der Waals surface area contributed by atoms with Gasteiger partial charge in [-0.3, -0.25) is 0 Å². The number of benzene rings is 1. The number of rotatable bonds is 5. The number of hydrogen-bond donors (Lipinski definition) is 1. The van der Waals surface area contributed by atoms with Crippen LogP contribution in [0.5, 0.6) is 0 Å². The minimum absolute atomic E-state index is 0.211. The van der Waals surface area contributed by atoms with Crippen molar-refractivity contribution in [1.82, 2.24) is 5.32 Å². The molecule has 1 aliphatic rings. The summed E-state index contributed by atoms with van der Waals surface area (Å²) in [6.45, 7) is 2.25. The number of hydrogen-bond acceptors (Lipinski definition) is 3. The quantitative estimate of drug-likeness (QED) is 0.865. The predicted molar refractivity (Wildman–Crippen MR) is 90.7 cm³/mol. The van der Waals surface area contributed by atoms with Crippen molar-refractivity contribution in [3.05, 3.63) is 34.6 Å². The molecule has 0 radical (unpaired) electrons. The molecule has 5 heteroatoms. The maximum Gasteiger partial charge on any atom is 0.123 e. The minimum atomic E-state index is -0.211. The van der Waals surface area contributed by atoms with Crippen LogP contribution >= 0.6 is 35.1 Å². The lowest BCUT2D eigenvalue weighted by molar-refractivity contribution is 0.515. The van der Waals surface area contributed by atoms with E-state index in [0.29, 0.717) is 21.6 Å². The first kappa shape index (κ1) is 16.5. The van der Waals surface area contributed by atoms with Crippen LogP contribution in [0, 0.1) is 5.82 Å². The molecular formula is C15H21ClFNS2. The van der Waals surface area contributed by atoms with Crippen LogP contribution in [0.4, 0.5) is 4.39 Å². The van der Waals surface area contributed by atoms with Gasteiger partial charge in [0.1, 0.15) is 5.82 Å². The third-order valence-corrected chi connectivity index (χ3v) is 7.49. The van der Waals surface area contributed by atoms with Gasteiger partial charge in [-0.05, 0) is 43.7 Å². The standard InChI is InChI=1S/C15H21ClFNS2/c1-3-14-15(20-7-6-19-14)13(18-2)9-10-8-11(17)4-5-12(10)16/h4-5,8,13-15,18H,3,6-7,9H2,1-2H3. The third-order valence-electron chi connectivity index (χ3n) is 3.71. The zero-order valence-corrected chi connectivity index (χ0v) is 14.3. The monoisotopic (exact) mass is 333 g/mol. The van der Waals surface area contributed by atoms with Gasteiger partial charge < -0.3 is 5.32 Å². The van der Waals surface area contributed by atoms with E-state index < -0.39 is 0 Å². The number of halogens is 2. The number of likely N-dealkylation sites (N-methyl/N-ethyl adjacent to an activating group) is 1. The molecule has 0 amide bonds. The molecule has 20 heavy (non-hydrogen) atoms. The maximum absolute atomic E-state index is 13.4. The molecule has 1 heterocycles. The van der Waals surface area contributed by atoms with Crippen LogP contribution < -0.4 is 5.32 Å². The van der Waals surface area contributed by atoms with E-state index in [1.54, 1.807) is 12.1 Å². The molecule has 1 aromatic carbocycles. The molecule has 0 bridgehead atoms. The van der Waals surface area contributed by atoms with Crippen LogP contribution in [0.2, 0.25) is 5.02 Å². The van der Waals surface area contributed by atoms with Gasteiger partial charge in [0.05, 0.1) is 0 Å². The summed E-state index contributed by atoms with van der Waals surface area (Å²) in [6.07, 6.45) is 1.96. The zero-order chi connectivity index (χ0) is 14.5. The van der Waals surface area contributed by atoms with E-state index >= 15 is 0 Å². The molecular weight excluding hydrogens is 313 g/mol. The molecule has 1 aromatic rings. The Morgan fingerprint density at radius 1 is 1.40 bits per heavy atom. The second-order valence-corrected chi connectivity index (χ2v) is 8.03. The lowest BCUT2D eigenvalue weighted by Gasteiger charge is -2.36. The smallest absolute Gasteiger partial charge is 0.123 e. The van der Waals surface area contributed by atoms with E-state index in [4.69, 9.17) is 11.6 Å². The van der Waals surface area contributed by atoms with Crippen molar-refractivity contribution in [2.45, 2.75) is 36.3 Å². The average molecular weight is 334 g/mol. The molecule has 1 fully saturated rings. The molecule has 0 spiro atoms. The second-order valence-electron chi connectivity index (χ2n) is 4.99. The molecule has 3 atom stereocenters. The summed E-state index contributed by atoms with van der Waals surface area (Å²) in [5.74, 6) is 2.22. The van der Waals surface area contributed by atoms with Gasteiger partial charge in [0.2, 0.25) is 0 Å². The normalized spacial score (nSPS) is 24.6. The van der Waals surface area contributed by atoms with Crippen LogP contribution in [-0.2, 0) is 6.42 Å². The molecule has 0 aliphatic carbocycles. The van der Waals surface area contributed by atoms with Gasteiger partial charge in [0, 0.05) is 33.1 Å². The highest BCUT2D eigenvalue weighted by molar-refractivity contribution is 8.07. The maximum atomic E-state index is 13.4. The van der Waals surface area contributed by atoms with Crippen molar-refractivity contribution in [2.75, 3.05) is 18.6 Å². The van der Waals surface area contributed by atoms with E-state index in [9.17, 15) is 4.39 Å². The van der Waals surface area contributed by atoms with Crippen LogP contribution in [0.1, 0.15) is 18.9 Å². The van der Waals surface area contributed by atoms with E-state index in [2.05, 4.69) is 24.0 Å². The molecule has 2 rings (SSSR count). The Balaban J connectivity index is 2.13. The molecule has 1 aliphatic heterocycles. The van der Waals surface area contributed by atoms with E-state index in [-0.39, 0.29) is 5.82 Å². The van der Waals surface area contributed by atoms with Gasteiger partial charge in [0.25, 0.3) is 0 Å². The largest absolute Gasteiger partial charge is 0.316 e. The van der Waals surface area contributed by atoms with Crippen molar-refractivity contribution in [1.29, 1.82) is 0 Å². The summed E-state index contributed by atoms with van der Waals surface area (Å²) >= 11 is 10.3. The second kappa shape index (κ2) is 7.92. The summed E-state index contributed by atoms with van der Waals surface area (Å²) in [5, 5.41) is 5.30. The summed E-state index contributed by atoms with van der Waals surface area (Å²) < 4.78 is 13.4. The fourth-order valence-corrected chi connectivity index (χ4v) is 6.13.